The molecule has 0 saturated carbocycles. The molecule has 0 unspecified atom stereocenters. The minimum absolute atomic E-state index is 0.173. The highest BCUT2D eigenvalue weighted by atomic mass is 15.1. The molecule has 0 spiro atoms. The smallest absolute Gasteiger partial charge is 0.188 e. The zero-order valence-electron chi connectivity index (χ0n) is 4.65. The van der Waals surface area contributed by atoms with Crippen molar-refractivity contribution in [3.63, 3.8) is 0 Å². The zero-order valence-corrected chi connectivity index (χ0v) is 4.65. The monoisotopic (exact) mass is 112 g/mol. The molecule has 0 aliphatic rings. The van der Waals surface area contributed by atoms with Crippen molar-refractivity contribution >= 4 is 5.96 Å². The van der Waals surface area contributed by atoms with Gasteiger partial charge in [0.05, 0.1) is 6.07 Å². The van der Waals surface area contributed by atoms with Gasteiger partial charge in [0, 0.05) is 7.05 Å². The number of guanidine groups is 1. The standard InChI is InChI=1S/C4H8N4/c1-7-4(6)8-3-2-5/h3H2,1H3,(H3,6,7,8). The molecule has 0 aromatic carbocycles. The van der Waals surface area contributed by atoms with Crippen molar-refractivity contribution < 1.29 is 0 Å². The van der Waals surface area contributed by atoms with Gasteiger partial charge in [-0.2, -0.15) is 5.26 Å². The summed E-state index contributed by atoms with van der Waals surface area (Å²) in [7, 11) is 1.62. The Kier molecular flexibility index (Phi) is 3.32. The molecule has 0 aliphatic carbocycles. The molecule has 0 aromatic rings. The molecule has 0 aromatic heterocycles. The molecule has 0 saturated heterocycles. The Balaban J connectivity index is 3.15. The van der Waals surface area contributed by atoms with Gasteiger partial charge in [-0.05, 0) is 0 Å². The molecule has 0 bridgehead atoms. The summed E-state index contributed by atoms with van der Waals surface area (Å²) >= 11 is 0. The van der Waals surface area contributed by atoms with Gasteiger partial charge in [-0.1, -0.05) is 0 Å². The van der Waals surface area contributed by atoms with Crippen LogP contribution in [-0.2, 0) is 0 Å². The third-order valence-corrected chi connectivity index (χ3v) is 0.594. The first kappa shape index (κ1) is 6.76. The van der Waals surface area contributed by atoms with E-state index in [2.05, 4.69) is 10.6 Å². The molecule has 0 amide bonds. The number of nitrogens with one attached hydrogen (secondary N) is 3. The summed E-state index contributed by atoms with van der Waals surface area (Å²) in [5.74, 6) is 0.173. The Hall–Kier alpha value is -1.24. The Bertz CT molecular complexity index is 112. The van der Waals surface area contributed by atoms with Gasteiger partial charge in [0.25, 0.3) is 0 Å². The van der Waals surface area contributed by atoms with E-state index in [0.717, 1.165) is 0 Å². The molecule has 0 radical (unpaired) electrons. The van der Waals surface area contributed by atoms with Gasteiger partial charge < -0.3 is 10.6 Å². The first-order chi connectivity index (χ1) is 3.81. The van der Waals surface area contributed by atoms with E-state index < -0.39 is 0 Å². The average molecular weight is 112 g/mol. The second-order valence-electron chi connectivity index (χ2n) is 1.14. The molecular formula is C4H8N4. The van der Waals surface area contributed by atoms with Gasteiger partial charge in [-0.15, -0.1) is 0 Å². The first-order valence-electron chi connectivity index (χ1n) is 2.18. The lowest BCUT2D eigenvalue weighted by molar-refractivity contribution is 0.949. The van der Waals surface area contributed by atoms with E-state index in [9.17, 15) is 0 Å². The largest absolute Gasteiger partial charge is 0.360 e. The van der Waals surface area contributed by atoms with Crippen LogP contribution in [0.4, 0.5) is 0 Å². The van der Waals surface area contributed by atoms with Gasteiger partial charge in [-0.25, -0.2) is 0 Å². The zero-order chi connectivity index (χ0) is 6.41. The highest BCUT2D eigenvalue weighted by molar-refractivity contribution is 5.76. The lowest BCUT2D eigenvalue weighted by atomic mass is 10.7. The van der Waals surface area contributed by atoms with E-state index in [0.29, 0.717) is 0 Å². The SMILES string of the molecule is CNC(=N)NCC#N. The summed E-state index contributed by atoms with van der Waals surface area (Å²) in [4.78, 5) is 0. The molecule has 0 aliphatic heterocycles. The van der Waals surface area contributed by atoms with E-state index in [1.807, 2.05) is 6.07 Å². The van der Waals surface area contributed by atoms with E-state index in [-0.39, 0.29) is 12.5 Å². The Morgan fingerprint density at radius 1 is 1.88 bits per heavy atom. The normalized spacial score (nSPS) is 7.00. The van der Waals surface area contributed by atoms with Gasteiger partial charge in [-0.3, -0.25) is 5.41 Å². The molecular weight excluding hydrogens is 104 g/mol. The third kappa shape index (κ3) is 2.97. The van der Waals surface area contributed by atoms with Crippen LogP contribution < -0.4 is 10.6 Å². The van der Waals surface area contributed by atoms with Crippen LogP contribution in [0.2, 0.25) is 0 Å². The van der Waals surface area contributed by atoms with Gasteiger partial charge in [0.2, 0.25) is 0 Å². The van der Waals surface area contributed by atoms with Gasteiger partial charge in [0.15, 0.2) is 5.96 Å². The quantitative estimate of drug-likeness (QED) is 0.237. The molecule has 0 atom stereocenters. The number of hydrogen-bond acceptors (Lipinski definition) is 2. The van der Waals surface area contributed by atoms with Crippen LogP contribution in [-0.4, -0.2) is 19.6 Å². The fraction of sp³-hybridized carbons (Fsp3) is 0.500. The van der Waals surface area contributed by atoms with Crippen LogP contribution >= 0.6 is 0 Å². The average Bonchev–Trinajstić information content (AvgIpc) is 1.83. The maximum absolute atomic E-state index is 7.97. The summed E-state index contributed by atoms with van der Waals surface area (Å²) in [5.41, 5.74) is 0. The maximum atomic E-state index is 7.97. The number of rotatable bonds is 1. The summed E-state index contributed by atoms with van der Waals surface area (Å²) in [6.07, 6.45) is 0. The van der Waals surface area contributed by atoms with Crippen molar-refractivity contribution in [1.29, 1.82) is 10.7 Å². The van der Waals surface area contributed by atoms with Crippen molar-refractivity contribution in [3.05, 3.63) is 0 Å². The predicted octanol–water partition coefficient (Wildman–Crippen LogP) is -0.746. The fourth-order valence-corrected chi connectivity index (χ4v) is 0.216. The summed E-state index contributed by atoms with van der Waals surface area (Å²) in [6, 6.07) is 1.84. The van der Waals surface area contributed by atoms with Crippen LogP contribution in [0.5, 0.6) is 0 Å². The van der Waals surface area contributed by atoms with Crippen LogP contribution in [0.15, 0.2) is 0 Å². The number of nitriles is 1. The highest BCUT2D eigenvalue weighted by Gasteiger charge is 1.83. The second-order valence-corrected chi connectivity index (χ2v) is 1.14. The van der Waals surface area contributed by atoms with E-state index >= 15 is 0 Å². The molecule has 4 nitrogen and oxygen atoms in total. The van der Waals surface area contributed by atoms with Crippen LogP contribution in [0.1, 0.15) is 0 Å². The van der Waals surface area contributed by atoms with Crippen molar-refractivity contribution in [1.82, 2.24) is 10.6 Å². The molecule has 0 rings (SSSR count). The summed E-state index contributed by atoms with van der Waals surface area (Å²) in [6.45, 7) is 0.180. The lowest BCUT2D eigenvalue weighted by Gasteiger charge is -1.99. The fourth-order valence-electron chi connectivity index (χ4n) is 0.216. The molecule has 0 fully saturated rings. The molecule has 4 heteroatoms. The molecule has 0 heterocycles. The van der Waals surface area contributed by atoms with E-state index in [4.69, 9.17) is 10.7 Å². The van der Waals surface area contributed by atoms with Crippen molar-refractivity contribution in [3.8, 4) is 6.07 Å². The van der Waals surface area contributed by atoms with Gasteiger partial charge in [0.1, 0.15) is 6.54 Å². The highest BCUT2D eigenvalue weighted by Crippen LogP contribution is 1.53. The second kappa shape index (κ2) is 3.93. The van der Waals surface area contributed by atoms with Crippen LogP contribution in [0.3, 0.4) is 0 Å². The lowest BCUT2D eigenvalue weighted by Crippen LogP contribution is -2.33. The molecule has 8 heavy (non-hydrogen) atoms. The molecule has 44 valence electrons. The summed E-state index contributed by atoms with van der Waals surface area (Å²) in [5, 5.41) is 19.9. The minimum Gasteiger partial charge on any atom is -0.360 e. The van der Waals surface area contributed by atoms with E-state index in [1.165, 1.54) is 0 Å². The molecule has 3 N–H and O–H groups in total. The minimum atomic E-state index is 0.173. The van der Waals surface area contributed by atoms with Crippen LogP contribution in [0.25, 0.3) is 0 Å². The van der Waals surface area contributed by atoms with E-state index in [1.54, 1.807) is 7.05 Å². The predicted molar refractivity (Wildman–Crippen MR) is 30.4 cm³/mol. The van der Waals surface area contributed by atoms with Crippen molar-refractivity contribution in [2.75, 3.05) is 13.6 Å². The number of hydrogen-bond donors (Lipinski definition) is 3. The van der Waals surface area contributed by atoms with Crippen molar-refractivity contribution in [2.45, 2.75) is 0 Å². The number of nitrogens with zero attached hydrogens (tertiary/aromatic N) is 1. The topological polar surface area (TPSA) is 71.7 Å². The summed E-state index contributed by atoms with van der Waals surface area (Å²) < 4.78 is 0. The maximum Gasteiger partial charge on any atom is 0.188 e. The Morgan fingerprint density at radius 3 is 2.88 bits per heavy atom. The Labute approximate surface area is 48.0 Å². The third-order valence-electron chi connectivity index (χ3n) is 0.594. The Morgan fingerprint density at radius 2 is 2.50 bits per heavy atom. The van der Waals surface area contributed by atoms with Crippen molar-refractivity contribution in [2.24, 2.45) is 0 Å². The van der Waals surface area contributed by atoms with Crippen LogP contribution in [0, 0.1) is 16.7 Å². The first-order valence-corrected chi connectivity index (χ1v) is 2.18. The van der Waals surface area contributed by atoms with Gasteiger partial charge >= 0.3 is 0 Å².